The maximum absolute atomic E-state index is 9.13. The standard InChI is InChI=1S/C14H14O2.2CH4N2O2/c1-12(15-13-8-4-2-5-9-13)16-14-10-6-3-7-11-14;2*2-3-1(4)5/h2-12H,1H3;2*3H,2H2,(H,4,5). The Morgan fingerprint density at radius 1 is 0.808 bits per heavy atom. The minimum absolute atomic E-state index is 0.301. The molecule has 0 fully saturated rings. The van der Waals surface area contributed by atoms with E-state index >= 15 is 0 Å². The molecule has 8 N–H and O–H groups in total. The molecule has 0 aromatic heterocycles. The molecular formula is C16H22N4O6. The van der Waals surface area contributed by atoms with Crippen molar-refractivity contribution in [3.05, 3.63) is 60.7 Å². The molecule has 0 aliphatic rings. The Balaban J connectivity index is 0.000000520. The number of hydrogen-bond donors (Lipinski definition) is 6. The molecule has 0 aliphatic heterocycles. The molecule has 2 amide bonds. The first kappa shape index (κ1) is 22.5. The number of amides is 2. The number of ether oxygens (including phenoxy) is 2. The molecule has 142 valence electrons. The second-order valence-corrected chi connectivity index (χ2v) is 4.33. The summed E-state index contributed by atoms with van der Waals surface area (Å²) in [5.41, 5.74) is 2.89. The molecule has 2 aromatic carbocycles. The molecule has 0 radical (unpaired) electrons. The number of nitrogens with one attached hydrogen (secondary N) is 2. The second-order valence-electron chi connectivity index (χ2n) is 4.33. The third-order valence-corrected chi connectivity index (χ3v) is 2.34. The van der Waals surface area contributed by atoms with Gasteiger partial charge in [-0.2, -0.15) is 0 Å². The number of para-hydroxylation sites is 2. The highest BCUT2D eigenvalue weighted by atomic mass is 16.7. The van der Waals surface area contributed by atoms with Crippen LogP contribution in [0.5, 0.6) is 11.5 Å². The van der Waals surface area contributed by atoms with Crippen LogP contribution >= 0.6 is 0 Å². The highest BCUT2D eigenvalue weighted by molar-refractivity contribution is 5.63. The quantitative estimate of drug-likeness (QED) is 0.206. The highest BCUT2D eigenvalue weighted by Gasteiger charge is 2.04. The highest BCUT2D eigenvalue weighted by Crippen LogP contribution is 2.15. The van der Waals surface area contributed by atoms with Crippen LogP contribution in [0.3, 0.4) is 0 Å². The molecule has 2 aromatic rings. The van der Waals surface area contributed by atoms with Gasteiger partial charge in [0, 0.05) is 6.92 Å². The molecule has 0 aliphatic carbocycles. The van der Waals surface area contributed by atoms with Crippen molar-refractivity contribution in [2.45, 2.75) is 13.2 Å². The van der Waals surface area contributed by atoms with E-state index in [-0.39, 0.29) is 6.29 Å². The summed E-state index contributed by atoms with van der Waals surface area (Å²) in [5.74, 6) is 10.3. The van der Waals surface area contributed by atoms with Gasteiger partial charge in [-0.15, -0.1) is 0 Å². The lowest BCUT2D eigenvalue weighted by atomic mass is 10.3. The zero-order chi connectivity index (χ0) is 19.8. The average molecular weight is 366 g/mol. The monoisotopic (exact) mass is 366 g/mol. The summed E-state index contributed by atoms with van der Waals surface area (Å²) >= 11 is 0. The van der Waals surface area contributed by atoms with E-state index in [1.54, 1.807) is 0 Å². The lowest BCUT2D eigenvalue weighted by molar-refractivity contribution is 0.0223. The van der Waals surface area contributed by atoms with Crippen LogP contribution < -0.4 is 32.0 Å². The van der Waals surface area contributed by atoms with Gasteiger partial charge in [-0.05, 0) is 24.3 Å². The van der Waals surface area contributed by atoms with Crippen LogP contribution in [0.15, 0.2) is 60.7 Å². The third kappa shape index (κ3) is 13.0. The smallest absolute Gasteiger partial charge is 0.418 e. The van der Waals surface area contributed by atoms with Gasteiger partial charge in [-0.3, -0.25) is 10.9 Å². The first-order valence-electron chi connectivity index (χ1n) is 7.21. The zero-order valence-electron chi connectivity index (χ0n) is 14.0. The van der Waals surface area contributed by atoms with Crippen LogP contribution in [0.1, 0.15) is 6.92 Å². The van der Waals surface area contributed by atoms with E-state index in [1.165, 1.54) is 10.9 Å². The molecular weight excluding hydrogens is 344 g/mol. The van der Waals surface area contributed by atoms with Gasteiger partial charge in [-0.1, -0.05) is 36.4 Å². The number of carboxylic acid groups (broad SMARTS) is 2. The van der Waals surface area contributed by atoms with Crippen molar-refractivity contribution in [2.24, 2.45) is 11.7 Å². The molecule has 0 saturated heterocycles. The summed E-state index contributed by atoms with van der Waals surface area (Å²) < 4.78 is 11.2. The van der Waals surface area contributed by atoms with Crippen molar-refractivity contribution in [3.63, 3.8) is 0 Å². The molecule has 10 nitrogen and oxygen atoms in total. The first-order valence-corrected chi connectivity index (χ1v) is 7.21. The fraction of sp³-hybridized carbons (Fsp3) is 0.125. The van der Waals surface area contributed by atoms with Gasteiger partial charge >= 0.3 is 12.2 Å². The SMILES string of the molecule is CC(Oc1ccccc1)Oc1ccccc1.NNC(=O)O.NNC(=O)O. The molecule has 26 heavy (non-hydrogen) atoms. The Labute approximate surface area is 150 Å². The van der Waals surface area contributed by atoms with Gasteiger partial charge in [0.05, 0.1) is 0 Å². The lowest BCUT2D eigenvalue weighted by Crippen LogP contribution is -2.27. The van der Waals surface area contributed by atoms with Gasteiger partial charge < -0.3 is 19.7 Å². The molecule has 0 bridgehead atoms. The Hall–Kier alpha value is -3.50. The molecule has 0 heterocycles. The number of rotatable bonds is 4. The van der Waals surface area contributed by atoms with Crippen molar-refractivity contribution in [1.82, 2.24) is 10.9 Å². The fourth-order valence-electron chi connectivity index (χ4n) is 1.41. The number of benzene rings is 2. The van der Waals surface area contributed by atoms with Crippen LogP contribution in [0, 0.1) is 0 Å². The van der Waals surface area contributed by atoms with E-state index in [2.05, 4.69) is 11.7 Å². The summed E-state index contributed by atoms with van der Waals surface area (Å²) in [6.07, 6.45) is -2.74. The summed E-state index contributed by atoms with van der Waals surface area (Å²) in [7, 11) is 0. The van der Waals surface area contributed by atoms with E-state index in [0.717, 1.165) is 11.5 Å². The normalized spacial score (nSPS) is 8.77. The van der Waals surface area contributed by atoms with Crippen LogP contribution in [0.25, 0.3) is 0 Å². The molecule has 0 unspecified atom stereocenters. The summed E-state index contributed by atoms with van der Waals surface area (Å²) in [4.78, 5) is 18.3. The van der Waals surface area contributed by atoms with Crippen LogP contribution in [-0.2, 0) is 0 Å². The third-order valence-electron chi connectivity index (χ3n) is 2.34. The number of hydrogen-bond acceptors (Lipinski definition) is 6. The predicted octanol–water partition coefficient (Wildman–Crippen LogP) is 1.75. The Morgan fingerprint density at radius 3 is 1.31 bits per heavy atom. The van der Waals surface area contributed by atoms with Crippen molar-refractivity contribution in [3.8, 4) is 11.5 Å². The van der Waals surface area contributed by atoms with Gasteiger partial charge in [0.15, 0.2) is 0 Å². The van der Waals surface area contributed by atoms with E-state index in [0.29, 0.717) is 0 Å². The summed E-state index contributed by atoms with van der Waals surface area (Å²) in [6.45, 7) is 1.88. The van der Waals surface area contributed by atoms with E-state index in [4.69, 9.17) is 29.3 Å². The van der Waals surface area contributed by atoms with Crippen molar-refractivity contribution >= 4 is 12.2 Å². The summed E-state index contributed by atoms with van der Waals surface area (Å²) in [6, 6.07) is 19.3. The van der Waals surface area contributed by atoms with Crippen LogP contribution in [0.4, 0.5) is 9.59 Å². The maximum Gasteiger partial charge on any atom is 0.418 e. The van der Waals surface area contributed by atoms with Crippen molar-refractivity contribution in [2.75, 3.05) is 0 Å². The number of carbonyl (C=O) groups is 2. The van der Waals surface area contributed by atoms with Crippen molar-refractivity contribution in [1.29, 1.82) is 0 Å². The molecule has 0 atom stereocenters. The largest absolute Gasteiger partial charge is 0.464 e. The minimum atomic E-state index is -1.22. The molecule has 2 rings (SSSR count). The molecule has 10 heteroatoms. The van der Waals surface area contributed by atoms with Gasteiger partial charge in [0.25, 0.3) is 0 Å². The average Bonchev–Trinajstić information content (AvgIpc) is 2.64. The second kappa shape index (κ2) is 13.9. The lowest BCUT2D eigenvalue weighted by Gasteiger charge is -2.16. The fourth-order valence-corrected chi connectivity index (χ4v) is 1.41. The minimum Gasteiger partial charge on any atom is -0.464 e. The first-order chi connectivity index (χ1) is 12.4. The van der Waals surface area contributed by atoms with Crippen molar-refractivity contribution < 1.29 is 29.3 Å². The van der Waals surface area contributed by atoms with Gasteiger partial charge in [0.1, 0.15) is 11.5 Å². The van der Waals surface area contributed by atoms with E-state index < -0.39 is 12.2 Å². The van der Waals surface area contributed by atoms with Gasteiger partial charge in [-0.25, -0.2) is 21.3 Å². The van der Waals surface area contributed by atoms with E-state index in [9.17, 15) is 0 Å². The topological polar surface area (TPSA) is 169 Å². The summed E-state index contributed by atoms with van der Waals surface area (Å²) in [5, 5.41) is 15.0. The zero-order valence-corrected chi connectivity index (χ0v) is 14.0. The van der Waals surface area contributed by atoms with Crippen LogP contribution in [-0.4, -0.2) is 28.7 Å². The predicted molar refractivity (Wildman–Crippen MR) is 94.3 cm³/mol. The number of nitrogens with two attached hydrogens (primary N) is 2. The molecule has 0 saturated carbocycles. The number of hydrazine groups is 2. The maximum atomic E-state index is 9.13. The molecule has 0 spiro atoms. The van der Waals surface area contributed by atoms with Gasteiger partial charge in [0.2, 0.25) is 6.29 Å². The van der Waals surface area contributed by atoms with Crippen LogP contribution in [0.2, 0.25) is 0 Å². The Kier molecular flexibility index (Phi) is 12.0. The Morgan fingerprint density at radius 2 is 1.08 bits per heavy atom. The van der Waals surface area contributed by atoms with E-state index in [1.807, 2.05) is 67.6 Å². The Bertz CT molecular complexity index is 572.